The van der Waals surface area contributed by atoms with Gasteiger partial charge in [0, 0.05) is 5.56 Å². The van der Waals surface area contributed by atoms with Gasteiger partial charge in [-0.05, 0) is 36.4 Å². The van der Waals surface area contributed by atoms with Gasteiger partial charge in [0.1, 0.15) is 17.4 Å². The lowest BCUT2D eigenvalue weighted by atomic mass is 10.2. The molecule has 4 nitrogen and oxygen atoms in total. The van der Waals surface area contributed by atoms with Gasteiger partial charge < -0.3 is 10.5 Å². The molecule has 0 aliphatic carbocycles. The summed E-state index contributed by atoms with van der Waals surface area (Å²) in [5, 5.41) is 0.443. The quantitative estimate of drug-likeness (QED) is 0.780. The number of anilines is 1. The Morgan fingerprint density at radius 1 is 1.16 bits per heavy atom. The van der Waals surface area contributed by atoms with Crippen molar-refractivity contribution in [1.29, 1.82) is 0 Å². The molecule has 0 fully saturated rings. The van der Waals surface area contributed by atoms with E-state index in [1.54, 1.807) is 7.11 Å². The molecular formula is C14H12ClN3O. The summed E-state index contributed by atoms with van der Waals surface area (Å²) in [7, 11) is 1.63. The molecule has 0 amide bonds. The smallest absolute Gasteiger partial charge is 0.155 e. The number of nitrogens with two attached hydrogens (primary N) is 1. The molecule has 0 aliphatic rings. The van der Waals surface area contributed by atoms with Gasteiger partial charge in [0.25, 0.3) is 0 Å². The Hall–Kier alpha value is -2.20. The largest absolute Gasteiger partial charge is 0.497 e. The minimum absolute atomic E-state index is 0.443. The van der Waals surface area contributed by atoms with Crippen molar-refractivity contribution in [2.45, 2.75) is 0 Å². The van der Waals surface area contributed by atoms with Gasteiger partial charge in [0.2, 0.25) is 0 Å². The number of nitrogens with zero attached hydrogens (tertiary/aromatic N) is 2. The number of pyridine rings is 1. The number of aromatic nitrogens is 2. The molecule has 2 heterocycles. The highest BCUT2D eigenvalue weighted by molar-refractivity contribution is 6.33. The summed E-state index contributed by atoms with van der Waals surface area (Å²) in [6.45, 7) is 0. The fraction of sp³-hybridized carbons (Fsp3) is 0.0714. The third-order valence-electron chi connectivity index (χ3n) is 3.00. The first-order valence-electron chi connectivity index (χ1n) is 5.77. The van der Waals surface area contributed by atoms with Crippen LogP contribution in [0.5, 0.6) is 5.75 Å². The molecular weight excluding hydrogens is 262 g/mol. The minimum Gasteiger partial charge on any atom is -0.497 e. The van der Waals surface area contributed by atoms with Gasteiger partial charge in [-0.25, -0.2) is 4.98 Å². The molecule has 0 saturated heterocycles. The van der Waals surface area contributed by atoms with Gasteiger partial charge in [0.15, 0.2) is 5.15 Å². The maximum Gasteiger partial charge on any atom is 0.155 e. The van der Waals surface area contributed by atoms with E-state index in [1.807, 2.05) is 46.9 Å². The van der Waals surface area contributed by atoms with E-state index in [-0.39, 0.29) is 0 Å². The molecule has 0 unspecified atom stereocenters. The molecule has 0 bridgehead atoms. The molecule has 0 aliphatic heterocycles. The van der Waals surface area contributed by atoms with Crippen LogP contribution >= 0.6 is 11.6 Å². The van der Waals surface area contributed by atoms with Gasteiger partial charge in [-0.3, -0.25) is 4.40 Å². The number of halogens is 1. The lowest BCUT2D eigenvalue weighted by Crippen LogP contribution is -1.98. The molecule has 96 valence electrons. The zero-order valence-electron chi connectivity index (χ0n) is 10.3. The van der Waals surface area contributed by atoms with Crippen LogP contribution in [-0.2, 0) is 0 Å². The zero-order chi connectivity index (χ0) is 13.4. The average molecular weight is 274 g/mol. The van der Waals surface area contributed by atoms with E-state index in [0.29, 0.717) is 11.0 Å². The van der Waals surface area contributed by atoms with Crippen molar-refractivity contribution in [3.8, 4) is 17.1 Å². The Morgan fingerprint density at radius 2 is 1.89 bits per heavy atom. The van der Waals surface area contributed by atoms with Crippen molar-refractivity contribution in [3.63, 3.8) is 0 Å². The number of methoxy groups -OCH3 is 1. The molecule has 5 heteroatoms. The van der Waals surface area contributed by atoms with E-state index >= 15 is 0 Å². The van der Waals surface area contributed by atoms with Crippen molar-refractivity contribution in [2.75, 3.05) is 12.8 Å². The van der Waals surface area contributed by atoms with Crippen LogP contribution in [-0.4, -0.2) is 16.5 Å². The monoisotopic (exact) mass is 273 g/mol. The molecule has 2 N–H and O–H groups in total. The molecule has 3 aromatic rings. The summed E-state index contributed by atoms with van der Waals surface area (Å²) in [6.07, 6.45) is 0. The third kappa shape index (κ3) is 1.90. The predicted octanol–water partition coefficient (Wildman–Crippen LogP) is 3.25. The molecule has 0 spiro atoms. The van der Waals surface area contributed by atoms with Gasteiger partial charge in [-0.15, -0.1) is 0 Å². The van der Waals surface area contributed by atoms with Crippen LogP contribution in [0.4, 0.5) is 5.82 Å². The molecule has 2 aromatic heterocycles. The first-order valence-corrected chi connectivity index (χ1v) is 6.15. The number of ether oxygens (including phenoxy) is 1. The fourth-order valence-electron chi connectivity index (χ4n) is 2.06. The summed E-state index contributed by atoms with van der Waals surface area (Å²) >= 11 is 6.15. The number of fused-ring (bicyclic) bond motifs is 1. The first-order chi connectivity index (χ1) is 9.20. The second-order valence-electron chi connectivity index (χ2n) is 4.13. The van der Waals surface area contributed by atoms with Gasteiger partial charge in [-0.2, -0.15) is 0 Å². The lowest BCUT2D eigenvalue weighted by Gasteiger charge is -2.05. The van der Waals surface area contributed by atoms with E-state index in [0.717, 1.165) is 22.7 Å². The summed E-state index contributed by atoms with van der Waals surface area (Å²) in [5.74, 6) is 2.12. The van der Waals surface area contributed by atoms with Gasteiger partial charge >= 0.3 is 0 Å². The van der Waals surface area contributed by atoms with E-state index in [2.05, 4.69) is 4.98 Å². The maximum absolute atomic E-state index is 6.15. The van der Waals surface area contributed by atoms with E-state index < -0.39 is 0 Å². The zero-order valence-corrected chi connectivity index (χ0v) is 11.1. The topological polar surface area (TPSA) is 52.5 Å². The number of benzene rings is 1. The van der Waals surface area contributed by atoms with Gasteiger partial charge in [-0.1, -0.05) is 17.7 Å². The van der Waals surface area contributed by atoms with Crippen LogP contribution < -0.4 is 10.5 Å². The highest BCUT2D eigenvalue weighted by Gasteiger charge is 2.12. The second kappa shape index (κ2) is 4.48. The van der Waals surface area contributed by atoms with Crippen molar-refractivity contribution < 1.29 is 4.74 Å². The molecule has 0 saturated carbocycles. The highest BCUT2D eigenvalue weighted by atomic mass is 35.5. The average Bonchev–Trinajstić information content (AvgIpc) is 2.78. The predicted molar refractivity (Wildman–Crippen MR) is 76.6 cm³/mol. The van der Waals surface area contributed by atoms with Crippen molar-refractivity contribution in [3.05, 3.63) is 47.6 Å². The molecule has 0 radical (unpaired) electrons. The number of imidazole rings is 1. The Morgan fingerprint density at radius 3 is 2.58 bits per heavy atom. The summed E-state index contributed by atoms with van der Waals surface area (Å²) in [5.41, 5.74) is 7.73. The Bertz CT molecular complexity index is 734. The lowest BCUT2D eigenvalue weighted by molar-refractivity contribution is 0.415. The molecule has 1 aromatic carbocycles. The fourth-order valence-corrected chi connectivity index (χ4v) is 2.28. The number of nitrogen functional groups attached to an aromatic ring is 1. The molecule has 3 rings (SSSR count). The normalized spacial score (nSPS) is 10.8. The van der Waals surface area contributed by atoms with Crippen LogP contribution in [0.1, 0.15) is 0 Å². The Labute approximate surface area is 115 Å². The Kier molecular flexibility index (Phi) is 2.80. The van der Waals surface area contributed by atoms with Crippen molar-refractivity contribution in [2.24, 2.45) is 0 Å². The van der Waals surface area contributed by atoms with Gasteiger partial charge in [0.05, 0.1) is 12.6 Å². The number of hydrogen-bond acceptors (Lipinski definition) is 3. The third-order valence-corrected chi connectivity index (χ3v) is 3.27. The van der Waals surface area contributed by atoms with E-state index in [9.17, 15) is 0 Å². The minimum atomic E-state index is 0.443. The standard InChI is InChI=1S/C14H12ClN3O/c1-19-10-7-5-9(6-8-10)14-17-13(15)11-3-2-4-12(16)18(11)14/h2-8H,16H2,1H3. The Balaban J connectivity index is 2.24. The second-order valence-corrected chi connectivity index (χ2v) is 4.48. The highest BCUT2D eigenvalue weighted by Crippen LogP contribution is 2.28. The van der Waals surface area contributed by atoms with Crippen LogP contribution in [0.15, 0.2) is 42.5 Å². The van der Waals surface area contributed by atoms with Crippen molar-refractivity contribution >= 4 is 22.9 Å². The summed E-state index contributed by atoms with van der Waals surface area (Å²) in [4.78, 5) is 4.38. The SMILES string of the molecule is COc1ccc(-c2nc(Cl)c3cccc(N)n23)cc1. The summed E-state index contributed by atoms with van der Waals surface area (Å²) < 4.78 is 6.98. The summed E-state index contributed by atoms with van der Waals surface area (Å²) in [6, 6.07) is 13.2. The molecule has 0 atom stereocenters. The van der Waals surface area contributed by atoms with Crippen LogP contribution in [0.2, 0.25) is 5.15 Å². The number of rotatable bonds is 2. The van der Waals surface area contributed by atoms with Crippen LogP contribution in [0.3, 0.4) is 0 Å². The van der Waals surface area contributed by atoms with Crippen LogP contribution in [0, 0.1) is 0 Å². The van der Waals surface area contributed by atoms with E-state index in [1.165, 1.54) is 0 Å². The number of hydrogen-bond donors (Lipinski definition) is 1. The first kappa shape index (κ1) is 11.9. The maximum atomic E-state index is 6.15. The molecule has 19 heavy (non-hydrogen) atoms. The van der Waals surface area contributed by atoms with Crippen LogP contribution in [0.25, 0.3) is 16.9 Å². The van der Waals surface area contributed by atoms with Crippen molar-refractivity contribution in [1.82, 2.24) is 9.38 Å². The van der Waals surface area contributed by atoms with E-state index in [4.69, 9.17) is 22.1 Å².